The highest BCUT2D eigenvalue weighted by Crippen LogP contribution is 2.28. The molecule has 4 heteroatoms. The standard InChI is InChI=1S/C17H23N3S/c1-6-21-14-9-7-13(8-10-14)16-19-12(4)15(11(2)3)17(18-5)20-16/h7-11H,6H2,1-5H3,(H,18,19,20). The lowest BCUT2D eigenvalue weighted by atomic mass is 10.0. The van der Waals surface area contributed by atoms with Crippen molar-refractivity contribution < 1.29 is 0 Å². The van der Waals surface area contributed by atoms with Crippen LogP contribution in [0.25, 0.3) is 11.4 Å². The van der Waals surface area contributed by atoms with E-state index >= 15 is 0 Å². The average Bonchev–Trinajstić information content (AvgIpc) is 2.47. The topological polar surface area (TPSA) is 37.8 Å². The van der Waals surface area contributed by atoms with Gasteiger partial charge in [0.25, 0.3) is 0 Å². The fourth-order valence-electron chi connectivity index (χ4n) is 2.46. The van der Waals surface area contributed by atoms with Gasteiger partial charge in [-0.2, -0.15) is 0 Å². The van der Waals surface area contributed by atoms with Crippen LogP contribution in [-0.4, -0.2) is 22.8 Å². The number of aryl methyl sites for hydroxylation is 1. The number of aromatic nitrogens is 2. The summed E-state index contributed by atoms with van der Waals surface area (Å²) in [4.78, 5) is 10.7. The molecule has 0 aliphatic carbocycles. The van der Waals surface area contributed by atoms with Gasteiger partial charge in [-0.15, -0.1) is 11.8 Å². The van der Waals surface area contributed by atoms with Gasteiger partial charge in [0.05, 0.1) is 0 Å². The number of nitrogens with zero attached hydrogens (tertiary/aromatic N) is 2. The predicted octanol–water partition coefficient (Wildman–Crippen LogP) is 4.73. The van der Waals surface area contributed by atoms with Crippen molar-refractivity contribution in [3.63, 3.8) is 0 Å². The van der Waals surface area contributed by atoms with Crippen LogP contribution in [0.2, 0.25) is 0 Å². The van der Waals surface area contributed by atoms with Crippen molar-refractivity contribution in [2.75, 3.05) is 18.1 Å². The predicted molar refractivity (Wildman–Crippen MR) is 92.2 cm³/mol. The van der Waals surface area contributed by atoms with Crippen molar-refractivity contribution in [2.45, 2.75) is 38.5 Å². The minimum absolute atomic E-state index is 0.407. The summed E-state index contributed by atoms with van der Waals surface area (Å²) in [6.45, 7) is 8.56. The van der Waals surface area contributed by atoms with E-state index in [1.54, 1.807) is 0 Å². The molecule has 0 bridgehead atoms. The molecule has 3 nitrogen and oxygen atoms in total. The van der Waals surface area contributed by atoms with Gasteiger partial charge in [-0.05, 0) is 30.7 Å². The highest BCUT2D eigenvalue weighted by molar-refractivity contribution is 7.99. The lowest BCUT2D eigenvalue weighted by Crippen LogP contribution is -2.07. The number of benzene rings is 1. The lowest BCUT2D eigenvalue weighted by Gasteiger charge is -2.15. The van der Waals surface area contributed by atoms with Crippen LogP contribution in [0.5, 0.6) is 0 Å². The van der Waals surface area contributed by atoms with Crippen LogP contribution >= 0.6 is 11.8 Å². The van der Waals surface area contributed by atoms with Gasteiger partial charge in [-0.3, -0.25) is 0 Å². The quantitative estimate of drug-likeness (QED) is 0.810. The van der Waals surface area contributed by atoms with E-state index in [-0.39, 0.29) is 0 Å². The van der Waals surface area contributed by atoms with Crippen LogP contribution in [0.3, 0.4) is 0 Å². The molecule has 0 aliphatic rings. The van der Waals surface area contributed by atoms with Crippen molar-refractivity contribution in [2.24, 2.45) is 0 Å². The molecule has 1 aromatic carbocycles. The number of hydrogen-bond acceptors (Lipinski definition) is 4. The zero-order chi connectivity index (χ0) is 15.4. The van der Waals surface area contributed by atoms with Crippen LogP contribution < -0.4 is 5.32 Å². The Labute approximate surface area is 131 Å². The molecule has 0 saturated carbocycles. The number of nitrogens with one attached hydrogen (secondary N) is 1. The van der Waals surface area contributed by atoms with Gasteiger partial charge in [0.2, 0.25) is 0 Å². The highest BCUT2D eigenvalue weighted by Gasteiger charge is 2.14. The molecule has 0 spiro atoms. The molecule has 0 saturated heterocycles. The van der Waals surface area contributed by atoms with Gasteiger partial charge in [0, 0.05) is 28.8 Å². The minimum Gasteiger partial charge on any atom is -0.373 e. The Morgan fingerprint density at radius 1 is 1.14 bits per heavy atom. The molecule has 2 aromatic rings. The van der Waals surface area contributed by atoms with E-state index in [1.807, 2.05) is 18.8 Å². The fourth-order valence-corrected chi connectivity index (χ4v) is 3.12. The summed E-state index contributed by atoms with van der Waals surface area (Å²) >= 11 is 1.84. The molecule has 0 aliphatic heterocycles. The van der Waals surface area contributed by atoms with E-state index in [1.165, 1.54) is 10.5 Å². The van der Waals surface area contributed by atoms with Crippen LogP contribution in [0.15, 0.2) is 29.2 Å². The number of thioether (sulfide) groups is 1. The molecule has 0 fully saturated rings. The van der Waals surface area contributed by atoms with Crippen LogP contribution in [0, 0.1) is 6.92 Å². The van der Waals surface area contributed by atoms with Gasteiger partial charge in [-0.25, -0.2) is 9.97 Å². The first-order valence-electron chi connectivity index (χ1n) is 7.36. The van der Waals surface area contributed by atoms with Gasteiger partial charge in [-0.1, -0.05) is 32.9 Å². The third-order valence-corrected chi connectivity index (χ3v) is 4.27. The molecule has 21 heavy (non-hydrogen) atoms. The molecule has 1 aromatic heterocycles. The normalized spacial score (nSPS) is 11.0. The zero-order valence-electron chi connectivity index (χ0n) is 13.4. The van der Waals surface area contributed by atoms with E-state index in [9.17, 15) is 0 Å². The van der Waals surface area contributed by atoms with E-state index in [4.69, 9.17) is 9.97 Å². The summed E-state index contributed by atoms with van der Waals surface area (Å²) in [6, 6.07) is 8.47. The SMILES string of the molecule is CCSc1ccc(-c2nc(C)c(C(C)C)c(NC)n2)cc1. The molecular formula is C17H23N3S. The first kappa shape index (κ1) is 15.8. The molecule has 0 amide bonds. The maximum absolute atomic E-state index is 4.69. The monoisotopic (exact) mass is 301 g/mol. The first-order valence-corrected chi connectivity index (χ1v) is 8.34. The minimum atomic E-state index is 0.407. The first-order chi connectivity index (χ1) is 10.1. The summed E-state index contributed by atoms with van der Waals surface area (Å²) < 4.78 is 0. The second-order valence-corrected chi connectivity index (χ2v) is 6.59. The van der Waals surface area contributed by atoms with Crippen LogP contribution in [0.1, 0.15) is 37.9 Å². The Morgan fingerprint density at radius 3 is 2.33 bits per heavy atom. The van der Waals surface area contributed by atoms with Crippen molar-refractivity contribution in [1.29, 1.82) is 0 Å². The average molecular weight is 301 g/mol. The van der Waals surface area contributed by atoms with Gasteiger partial charge < -0.3 is 5.32 Å². The van der Waals surface area contributed by atoms with Gasteiger partial charge >= 0.3 is 0 Å². The molecule has 0 atom stereocenters. The second-order valence-electron chi connectivity index (χ2n) is 5.26. The summed E-state index contributed by atoms with van der Waals surface area (Å²) in [5, 5.41) is 3.20. The van der Waals surface area contributed by atoms with E-state index < -0.39 is 0 Å². The Hall–Kier alpha value is -1.55. The van der Waals surface area contributed by atoms with Crippen molar-refractivity contribution in [1.82, 2.24) is 9.97 Å². The molecule has 1 heterocycles. The third-order valence-electron chi connectivity index (χ3n) is 3.37. The number of anilines is 1. The van der Waals surface area contributed by atoms with Crippen molar-refractivity contribution in [3.8, 4) is 11.4 Å². The smallest absolute Gasteiger partial charge is 0.161 e. The van der Waals surface area contributed by atoms with Crippen molar-refractivity contribution in [3.05, 3.63) is 35.5 Å². The van der Waals surface area contributed by atoms with Crippen molar-refractivity contribution >= 4 is 17.6 Å². The number of hydrogen-bond donors (Lipinski definition) is 1. The van der Waals surface area contributed by atoms with Gasteiger partial charge in [0.15, 0.2) is 5.82 Å². The van der Waals surface area contributed by atoms with Crippen LogP contribution in [0.4, 0.5) is 5.82 Å². The summed E-state index contributed by atoms with van der Waals surface area (Å²) in [5.74, 6) is 3.21. The summed E-state index contributed by atoms with van der Waals surface area (Å²) in [6.07, 6.45) is 0. The summed E-state index contributed by atoms with van der Waals surface area (Å²) in [7, 11) is 1.92. The molecular weight excluding hydrogens is 278 g/mol. The maximum Gasteiger partial charge on any atom is 0.161 e. The summed E-state index contributed by atoms with van der Waals surface area (Å²) in [5.41, 5.74) is 3.30. The Kier molecular flexibility index (Phi) is 5.23. The molecule has 0 unspecified atom stereocenters. The molecule has 0 radical (unpaired) electrons. The van der Waals surface area contributed by atoms with E-state index in [0.29, 0.717) is 5.92 Å². The Balaban J connectivity index is 2.42. The van der Waals surface area contributed by atoms with Crippen LogP contribution in [-0.2, 0) is 0 Å². The Bertz CT molecular complexity index is 606. The Morgan fingerprint density at radius 2 is 1.81 bits per heavy atom. The fraction of sp³-hybridized carbons (Fsp3) is 0.412. The highest BCUT2D eigenvalue weighted by atomic mass is 32.2. The third kappa shape index (κ3) is 3.56. The number of rotatable bonds is 5. The molecule has 1 N–H and O–H groups in total. The van der Waals surface area contributed by atoms with E-state index in [0.717, 1.165) is 28.7 Å². The second kappa shape index (κ2) is 6.94. The molecule has 112 valence electrons. The molecule has 2 rings (SSSR count). The van der Waals surface area contributed by atoms with Gasteiger partial charge in [0.1, 0.15) is 5.82 Å². The zero-order valence-corrected chi connectivity index (χ0v) is 14.2. The maximum atomic E-state index is 4.69. The van der Waals surface area contributed by atoms with E-state index in [2.05, 4.69) is 57.3 Å². The largest absolute Gasteiger partial charge is 0.373 e. The lowest BCUT2D eigenvalue weighted by molar-refractivity contribution is 0.833.